The third kappa shape index (κ3) is 7.64. The van der Waals surface area contributed by atoms with E-state index < -0.39 is 9.52 Å². The van der Waals surface area contributed by atoms with Crippen LogP contribution in [0.25, 0.3) is 0 Å². The van der Waals surface area contributed by atoms with Gasteiger partial charge in [0.25, 0.3) is 0 Å². The summed E-state index contributed by atoms with van der Waals surface area (Å²) < 4.78 is 2.35. The molecule has 0 aliphatic rings. The van der Waals surface area contributed by atoms with Gasteiger partial charge < -0.3 is 4.57 Å². The first-order valence-electron chi connectivity index (χ1n) is 16.0. The highest BCUT2D eigenvalue weighted by Gasteiger charge is 2.37. The summed E-state index contributed by atoms with van der Waals surface area (Å²) in [4.78, 5) is 4.48. The zero-order valence-corrected chi connectivity index (χ0v) is 28.3. The second-order valence-corrected chi connectivity index (χ2v) is 14.5. The van der Waals surface area contributed by atoms with Gasteiger partial charge in [-0.1, -0.05) is 172 Å². The van der Waals surface area contributed by atoms with E-state index >= 15 is 0 Å². The smallest absolute Gasteiger partial charge is 0.0965 e. The fourth-order valence-corrected chi connectivity index (χ4v) is 8.28. The summed E-state index contributed by atoms with van der Waals surface area (Å²) in [6.45, 7) is 9.08. The molecule has 0 bridgehead atoms. The second-order valence-electron chi connectivity index (χ2n) is 12.4. The molecular formula is C41H43BN2Si. The minimum absolute atomic E-state index is 0.0163. The molecule has 0 N–H and O–H groups in total. The Morgan fingerprint density at radius 2 is 1.02 bits per heavy atom. The number of nitrogens with zero attached hydrogens (tertiary/aromatic N) is 2. The number of hydrogen-bond donors (Lipinski definition) is 0. The Hall–Kier alpha value is -4.41. The first kappa shape index (κ1) is 32.0. The molecule has 0 aliphatic carbocycles. The van der Waals surface area contributed by atoms with E-state index in [0.717, 1.165) is 11.1 Å². The van der Waals surface area contributed by atoms with Crippen LogP contribution in [0.4, 0.5) is 0 Å². The number of benzene rings is 5. The molecule has 6 rings (SSSR count). The van der Waals surface area contributed by atoms with Gasteiger partial charge in [0, 0.05) is 12.4 Å². The number of imidazole rings is 1. The Labute approximate surface area is 273 Å². The van der Waals surface area contributed by atoms with Gasteiger partial charge in [0.05, 0.1) is 28.9 Å². The molecule has 2 nitrogen and oxygen atoms in total. The third-order valence-electron chi connectivity index (χ3n) is 8.63. The minimum atomic E-state index is -0.828. The van der Waals surface area contributed by atoms with Crippen LogP contribution >= 0.6 is 0 Å². The summed E-state index contributed by atoms with van der Waals surface area (Å²) >= 11 is 0. The summed E-state index contributed by atoms with van der Waals surface area (Å²) in [6, 6.07) is 49.7. The van der Waals surface area contributed by atoms with Crippen molar-refractivity contribution in [3.63, 3.8) is 0 Å². The maximum Gasteiger partial charge on any atom is 0.0965 e. The first-order chi connectivity index (χ1) is 21.9. The van der Waals surface area contributed by atoms with Gasteiger partial charge in [-0.25, -0.2) is 4.98 Å². The maximum atomic E-state index is 6.12. The van der Waals surface area contributed by atoms with Crippen molar-refractivity contribution in [1.29, 1.82) is 0 Å². The summed E-state index contributed by atoms with van der Waals surface area (Å²) in [5.41, 5.74) is 7.77. The topological polar surface area (TPSA) is 17.8 Å². The summed E-state index contributed by atoms with van der Waals surface area (Å²) in [6.07, 6.45) is 6.05. The molecule has 1 heterocycles. The average molecular weight is 603 g/mol. The number of aromatic nitrogens is 2. The van der Waals surface area contributed by atoms with Gasteiger partial charge in [0.1, 0.15) is 0 Å². The van der Waals surface area contributed by atoms with Crippen molar-refractivity contribution in [2.45, 2.75) is 50.5 Å². The predicted octanol–water partition coefficient (Wildman–Crippen LogP) is 8.32. The van der Waals surface area contributed by atoms with Crippen molar-refractivity contribution in [3.05, 3.63) is 192 Å². The van der Waals surface area contributed by atoms with Crippen LogP contribution in [0, 0.1) is 0 Å². The lowest BCUT2D eigenvalue weighted by Crippen LogP contribution is -2.46. The van der Waals surface area contributed by atoms with E-state index in [9.17, 15) is 0 Å². The van der Waals surface area contributed by atoms with Gasteiger partial charge in [0.2, 0.25) is 0 Å². The normalized spacial score (nSPS) is 11.7. The summed E-state index contributed by atoms with van der Waals surface area (Å²) in [7, 11) is 5.29. The van der Waals surface area contributed by atoms with Gasteiger partial charge in [-0.05, 0) is 51.0 Å². The molecule has 1 aromatic heterocycles. The van der Waals surface area contributed by atoms with Crippen LogP contribution in [0.1, 0.15) is 78.7 Å². The fourth-order valence-electron chi connectivity index (χ4n) is 5.96. The predicted molar refractivity (Wildman–Crippen MR) is 195 cm³/mol. The summed E-state index contributed by atoms with van der Waals surface area (Å²) in [5, 5.41) is 1.20. The zero-order chi connectivity index (χ0) is 31.6. The zero-order valence-electron chi connectivity index (χ0n) is 26.9. The molecule has 0 aliphatic heterocycles. The largest absolute Gasteiger partial charge is 0.326 e. The van der Waals surface area contributed by atoms with Crippen molar-refractivity contribution >= 4 is 22.6 Å². The van der Waals surface area contributed by atoms with E-state index in [1.165, 1.54) is 27.4 Å². The van der Waals surface area contributed by atoms with Crippen LogP contribution in [0.2, 0.25) is 0 Å². The van der Waals surface area contributed by atoms with E-state index in [1.54, 1.807) is 0 Å². The van der Waals surface area contributed by atoms with Crippen molar-refractivity contribution in [2.75, 3.05) is 0 Å². The van der Waals surface area contributed by atoms with E-state index in [4.69, 9.17) is 7.85 Å². The van der Waals surface area contributed by atoms with E-state index in [2.05, 4.69) is 147 Å². The van der Waals surface area contributed by atoms with Crippen LogP contribution < -0.4 is 5.19 Å². The van der Waals surface area contributed by atoms with E-state index in [0.29, 0.717) is 11.8 Å². The van der Waals surface area contributed by atoms with Crippen LogP contribution in [-0.4, -0.2) is 26.9 Å². The van der Waals surface area contributed by atoms with Crippen molar-refractivity contribution in [3.8, 4) is 0 Å². The van der Waals surface area contributed by atoms with Crippen LogP contribution in [0.3, 0.4) is 0 Å². The SMILES string of the molecule is CC(C)c1cccc(C([SiH2]c2ccccc2)(c2cccc(C(C)C)c2)n2ccnc2)c1.[B]C(c1ccccc1)c1ccccc1. The van der Waals surface area contributed by atoms with Crippen LogP contribution in [-0.2, 0) is 5.16 Å². The van der Waals surface area contributed by atoms with Crippen molar-refractivity contribution in [2.24, 2.45) is 0 Å². The Kier molecular flexibility index (Phi) is 10.7. The second kappa shape index (κ2) is 15.1. The van der Waals surface area contributed by atoms with E-state index in [-0.39, 0.29) is 11.0 Å². The molecule has 2 radical (unpaired) electrons. The molecule has 0 fully saturated rings. The Balaban J connectivity index is 0.000000238. The molecule has 0 saturated heterocycles. The van der Waals surface area contributed by atoms with Gasteiger partial charge in [-0.2, -0.15) is 0 Å². The van der Waals surface area contributed by atoms with Crippen molar-refractivity contribution in [1.82, 2.24) is 9.55 Å². The first-order valence-corrected chi connectivity index (χ1v) is 17.4. The highest BCUT2D eigenvalue weighted by Crippen LogP contribution is 2.36. The lowest BCUT2D eigenvalue weighted by Gasteiger charge is -2.37. The quantitative estimate of drug-likeness (QED) is 0.152. The lowest BCUT2D eigenvalue weighted by atomic mass is 9.76. The number of rotatable bonds is 9. The van der Waals surface area contributed by atoms with Gasteiger partial charge >= 0.3 is 0 Å². The highest BCUT2D eigenvalue weighted by molar-refractivity contribution is 6.57. The molecule has 0 spiro atoms. The van der Waals surface area contributed by atoms with Crippen molar-refractivity contribution < 1.29 is 0 Å². The number of hydrogen-bond acceptors (Lipinski definition) is 1. The van der Waals surface area contributed by atoms with Gasteiger partial charge in [-0.3, -0.25) is 0 Å². The molecule has 4 heteroatoms. The van der Waals surface area contributed by atoms with Crippen LogP contribution in [0.15, 0.2) is 158 Å². The Morgan fingerprint density at radius 3 is 1.44 bits per heavy atom. The van der Waals surface area contributed by atoms with Gasteiger partial charge in [0.15, 0.2) is 0 Å². The van der Waals surface area contributed by atoms with E-state index in [1.807, 2.05) is 48.9 Å². The van der Waals surface area contributed by atoms with Gasteiger partial charge in [-0.15, -0.1) is 0 Å². The molecule has 224 valence electrons. The molecular weight excluding hydrogens is 559 g/mol. The monoisotopic (exact) mass is 602 g/mol. The molecule has 0 atom stereocenters. The lowest BCUT2D eigenvalue weighted by molar-refractivity contribution is 0.593. The third-order valence-corrected chi connectivity index (χ3v) is 11.2. The fraction of sp³-hybridized carbons (Fsp3) is 0.195. The Morgan fingerprint density at radius 1 is 0.578 bits per heavy atom. The van der Waals surface area contributed by atoms with Crippen LogP contribution in [0.5, 0.6) is 0 Å². The highest BCUT2D eigenvalue weighted by atomic mass is 28.2. The maximum absolute atomic E-state index is 6.12. The molecule has 6 aromatic rings. The average Bonchev–Trinajstić information content (AvgIpc) is 3.64. The molecule has 0 saturated carbocycles. The molecule has 0 amide bonds. The Bertz CT molecular complexity index is 1640. The standard InChI is InChI=1S/C28H32N2Si.C13H11B/c1-21(2)23-10-8-12-25(18-23)28(30-17-16-29-20-30,31-27-14-6-5-7-15-27)26-13-9-11-24(19-26)22(3)4;14-13(11-7-3-1-4-8-11)12-9-5-2-6-10-12/h5-22H,31H2,1-4H3;1-10,13H. The minimum Gasteiger partial charge on any atom is -0.326 e. The molecule has 0 unspecified atom stereocenters. The molecule has 5 aromatic carbocycles. The molecule has 45 heavy (non-hydrogen) atoms. The summed E-state index contributed by atoms with van der Waals surface area (Å²) in [5.74, 6) is 0.957.